The Morgan fingerprint density at radius 2 is 1.84 bits per heavy atom. The van der Waals surface area contributed by atoms with Crippen LogP contribution in [-0.2, 0) is 11.2 Å². The summed E-state index contributed by atoms with van der Waals surface area (Å²) in [7, 11) is 1.52. The highest BCUT2D eigenvalue weighted by atomic mass is 35.5. The van der Waals surface area contributed by atoms with Crippen LogP contribution in [0, 0.1) is 6.92 Å². The van der Waals surface area contributed by atoms with E-state index in [1.807, 2.05) is 42.2 Å². The molecular formula is C28H30ClN3O5. The predicted octanol–water partition coefficient (Wildman–Crippen LogP) is 5.62. The van der Waals surface area contributed by atoms with Gasteiger partial charge in [0, 0.05) is 18.3 Å². The van der Waals surface area contributed by atoms with Gasteiger partial charge in [-0.3, -0.25) is 4.79 Å². The molecule has 1 saturated heterocycles. The third kappa shape index (κ3) is 6.65. The molecule has 0 aliphatic carbocycles. The van der Waals surface area contributed by atoms with Gasteiger partial charge in [-0.1, -0.05) is 35.9 Å². The van der Waals surface area contributed by atoms with Crippen molar-refractivity contribution in [1.29, 1.82) is 0 Å². The minimum atomic E-state index is -0.384. The molecule has 1 unspecified atom stereocenters. The predicted molar refractivity (Wildman–Crippen MR) is 144 cm³/mol. The summed E-state index contributed by atoms with van der Waals surface area (Å²) >= 11 is 6.13. The molecule has 3 aromatic carbocycles. The molecule has 0 radical (unpaired) electrons. The SMILES string of the molecule is COc1cc(CC(=O)N2CCCC2COc2ccc(O)cc2Cl)ccc1NC(=O)Nc1ccccc1C. The molecular weight excluding hydrogens is 494 g/mol. The summed E-state index contributed by atoms with van der Waals surface area (Å²) in [5, 5.41) is 15.5. The number of amides is 3. The van der Waals surface area contributed by atoms with Gasteiger partial charge < -0.3 is 30.1 Å². The number of methoxy groups -OCH3 is 1. The van der Waals surface area contributed by atoms with Gasteiger partial charge in [-0.15, -0.1) is 0 Å². The van der Waals surface area contributed by atoms with Crippen molar-refractivity contribution in [2.24, 2.45) is 0 Å². The van der Waals surface area contributed by atoms with E-state index in [4.69, 9.17) is 21.1 Å². The van der Waals surface area contributed by atoms with Gasteiger partial charge in [0.1, 0.15) is 23.9 Å². The molecule has 3 aromatic rings. The third-order valence-corrected chi connectivity index (χ3v) is 6.60. The number of phenols is 1. The van der Waals surface area contributed by atoms with Gasteiger partial charge >= 0.3 is 6.03 Å². The molecule has 1 aliphatic heterocycles. The van der Waals surface area contributed by atoms with E-state index in [1.165, 1.54) is 19.2 Å². The molecule has 1 atom stereocenters. The first-order chi connectivity index (χ1) is 17.8. The van der Waals surface area contributed by atoms with Gasteiger partial charge in [0.15, 0.2) is 0 Å². The maximum atomic E-state index is 13.1. The number of likely N-dealkylation sites (tertiary alicyclic amines) is 1. The van der Waals surface area contributed by atoms with Crippen molar-refractivity contribution in [2.45, 2.75) is 32.2 Å². The van der Waals surface area contributed by atoms with Gasteiger partial charge in [0.05, 0.1) is 30.3 Å². The Morgan fingerprint density at radius 3 is 2.59 bits per heavy atom. The number of carbonyl (C=O) groups excluding carboxylic acids is 2. The van der Waals surface area contributed by atoms with Gasteiger partial charge in [0.2, 0.25) is 5.91 Å². The van der Waals surface area contributed by atoms with Gasteiger partial charge in [0.25, 0.3) is 0 Å². The van der Waals surface area contributed by atoms with Crippen molar-refractivity contribution in [3.63, 3.8) is 0 Å². The number of rotatable bonds is 8. The number of para-hydroxylation sites is 1. The Labute approximate surface area is 221 Å². The quantitative estimate of drug-likeness (QED) is 0.356. The maximum Gasteiger partial charge on any atom is 0.323 e. The standard InChI is InChI=1S/C28H30ClN3O5/c1-18-6-3-4-8-23(18)30-28(35)31-24-11-9-19(14-26(24)36-2)15-27(34)32-13-5-7-20(32)17-37-25-12-10-21(33)16-22(25)29/h3-4,6,8-12,14,16,20,33H,5,7,13,15,17H2,1-2H3,(H2,30,31,35). The molecule has 0 aromatic heterocycles. The number of halogens is 1. The van der Waals surface area contributed by atoms with Crippen LogP contribution in [0.3, 0.4) is 0 Å². The minimum Gasteiger partial charge on any atom is -0.508 e. The Kier molecular flexibility index (Phi) is 8.40. The summed E-state index contributed by atoms with van der Waals surface area (Å²) in [6.07, 6.45) is 1.93. The third-order valence-electron chi connectivity index (χ3n) is 6.31. The van der Waals surface area contributed by atoms with Crippen LogP contribution < -0.4 is 20.1 Å². The fraction of sp³-hybridized carbons (Fsp3) is 0.286. The lowest BCUT2D eigenvalue weighted by Gasteiger charge is -2.25. The summed E-state index contributed by atoms with van der Waals surface area (Å²) in [4.78, 5) is 27.5. The second kappa shape index (κ2) is 11.9. The molecule has 4 rings (SSSR count). The Morgan fingerprint density at radius 1 is 1.05 bits per heavy atom. The number of nitrogens with zero attached hydrogens (tertiary/aromatic N) is 1. The first kappa shape index (κ1) is 26.2. The number of benzene rings is 3. The van der Waals surface area contributed by atoms with Crippen LogP contribution in [0.15, 0.2) is 60.7 Å². The first-order valence-electron chi connectivity index (χ1n) is 12.1. The van der Waals surface area contributed by atoms with Crippen LogP contribution in [0.1, 0.15) is 24.0 Å². The van der Waals surface area contributed by atoms with Crippen molar-refractivity contribution in [1.82, 2.24) is 4.90 Å². The fourth-order valence-corrected chi connectivity index (χ4v) is 4.57. The lowest BCUT2D eigenvalue weighted by molar-refractivity contribution is -0.131. The highest BCUT2D eigenvalue weighted by Crippen LogP contribution is 2.30. The van der Waals surface area contributed by atoms with Crippen molar-refractivity contribution < 1.29 is 24.2 Å². The second-order valence-electron chi connectivity index (χ2n) is 8.91. The second-order valence-corrected chi connectivity index (χ2v) is 9.32. The minimum absolute atomic E-state index is 0.0111. The van der Waals surface area contributed by atoms with E-state index >= 15 is 0 Å². The van der Waals surface area contributed by atoms with E-state index in [2.05, 4.69) is 10.6 Å². The zero-order valence-electron chi connectivity index (χ0n) is 20.8. The number of hydrogen-bond donors (Lipinski definition) is 3. The summed E-state index contributed by atoms with van der Waals surface area (Å²) < 4.78 is 11.3. The molecule has 0 spiro atoms. The van der Waals surface area contributed by atoms with E-state index in [0.717, 1.165) is 29.7 Å². The average Bonchev–Trinajstić information content (AvgIpc) is 3.34. The number of aryl methyl sites for hydroxylation is 1. The first-order valence-corrected chi connectivity index (χ1v) is 12.4. The lowest BCUT2D eigenvalue weighted by atomic mass is 10.1. The molecule has 194 valence electrons. The van der Waals surface area contributed by atoms with Crippen LogP contribution in [0.5, 0.6) is 17.2 Å². The van der Waals surface area contributed by atoms with Crippen molar-refractivity contribution in [3.8, 4) is 17.2 Å². The molecule has 1 fully saturated rings. The summed E-state index contributed by atoms with van der Waals surface area (Å²) in [5.41, 5.74) is 2.95. The number of phenolic OH excluding ortho intramolecular Hbond substituents is 1. The fourth-order valence-electron chi connectivity index (χ4n) is 4.34. The average molecular weight is 524 g/mol. The summed E-state index contributed by atoms with van der Waals surface area (Å²) in [5.74, 6) is 0.994. The highest BCUT2D eigenvalue weighted by Gasteiger charge is 2.29. The number of anilines is 2. The molecule has 3 amide bonds. The van der Waals surface area contributed by atoms with Crippen LogP contribution >= 0.6 is 11.6 Å². The Bertz CT molecular complexity index is 1280. The van der Waals surface area contributed by atoms with Crippen LogP contribution in [0.2, 0.25) is 5.02 Å². The monoisotopic (exact) mass is 523 g/mol. The molecule has 37 heavy (non-hydrogen) atoms. The topological polar surface area (TPSA) is 100 Å². The van der Waals surface area contributed by atoms with Crippen LogP contribution in [0.4, 0.5) is 16.2 Å². The molecule has 3 N–H and O–H groups in total. The molecule has 8 nitrogen and oxygen atoms in total. The van der Waals surface area contributed by atoms with E-state index in [9.17, 15) is 14.7 Å². The van der Waals surface area contributed by atoms with Gasteiger partial charge in [-0.25, -0.2) is 4.79 Å². The highest BCUT2D eigenvalue weighted by molar-refractivity contribution is 6.32. The number of carbonyl (C=O) groups is 2. The van der Waals surface area contributed by atoms with E-state index in [0.29, 0.717) is 35.4 Å². The maximum absolute atomic E-state index is 13.1. The molecule has 0 saturated carbocycles. The largest absolute Gasteiger partial charge is 0.508 e. The Balaban J connectivity index is 1.36. The van der Waals surface area contributed by atoms with Crippen LogP contribution in [-0.4, -0.2) is 48.2 Å². The number of nitrogens with one attached hydrogen (secondary N) is 2. The Hall–Kier alpha value is -3.91. The number of urea groups is 1. The summed E-state index contributed by atoms with van der Waals surface area (Å²) in [6, 6.07) is 16.9. The van der Waals surface area contributed by atoms with Crippen LogP contribution in [0.25, 0.3) is 0 Å². The molecule has 1 heterocycles. The van der Waals surface area contributed by atoms with E-state index in [1.54, 1.807) is 18.2 Å². The number of aromatic hydroxyl groups is 1. The van der Waals surface area contributed by atoms with E-state index in [-0.39, 0.29) is 30.2 Å². The number of ether oxygens (including phenoxy) is 2. The van der Waals surface area contributed by atoms with Crippen molar-refractivity contribution in [3.05, 3.63) is 76.8 Å². The molecule has 1 aliphatic rings. The zero-order valence-corrected chi connectivity index (χ0v) is 21.5. The smallest absolute Gasteiger partial charge is 0.323 e. The van der Waals surface area contributed by atoms with Crippen molar-refractivity contribution >= 4 is 34.9 Å². The zero-order chi connectivity index (χ0) is 26.4. The lowest BCUT2D eigenvalue weighted by Crippen LogP contribution is -2.39. The van der Waals surface area contributed by atoms with Gasteiger partial charge in [-0.05, 0) is 61.2 Å². The van der Waals surface area contributed by atoms with Crippen molar-refractivity contribution in [2.75, 3.05) is 30.9 Å². The summed E-state index contributed by atoms with van der Waals surface area (Å²) in [6.45, 7) is 2.89. The van der Waals surface area contributed by atoms with Gasteiger partial charge in [-0.2, -0.15) is 0 Å². The van der Waals surface area contributed by atoms with E-state index < -0.39 is 0 Å². The molecule has 0 bridgehead atoms. The molecule has 9 heteroatoms. The number of hydrogen-bond acceptors (Lipinski definition) is 5. The normalized spacial score (nSPS) is 14.8.